The summed E-state index contributed by atoms with van der Waals surface area (Å²) in [4.78, 5) is 13.9. The molecule has 0 aromatic carbocycles. The van der Waals surface area contributed by atoms with Gasteiger partial charge in [-0.15, -0.1) is 12.4 Å². The van der Waals surface area contributed by atoms with Crippen LogP contribution in [0.3, 0.4) is 0 Å². The third-order valence-corrected chi connectivity index (χ3v) is 3.08. The predicted molar refractivity (Wildman–Crippen MR) is 72.9 cm³/mol. The Morgan fingerprint density at radius 3 is 2.83 bits per heavy atom. The summed E-state index contributed by atoms with van der Waals surface area (Å²) < 4.78 is 10.6. The third-order valence-electron chi connectivity index (χ3n) is 3.08. The van der Waals surface area contributed by atoms with E-state index in [4.69, 9.17) is 15.2 Å². The number of hydrogen-bond donors (Lipinski definition) is 1. The molecule has 0 radical (unpaired) electrons. The Hall–Kier alpha value is -0.360. The van der Waals surface area contributed by atoms with E-state index in [-0.39, 0.29) is 24.4 Å². The third kappa shape index (κ3) is 5.10. The van der Waals surface area contributed by atoms with Gasteiger partial charge in [0.1, 0.15) is 6.10 Å². The van der Waals surface area contributed by atoms with E-state index < -0.39 is 6.10 Å². The molecule has 1 aliphatic heterocycles. The number of amides is 1. The molecule has 2 N–H and O–H groups in total. The van der Waals surface area contributed by atoms with Gasteiger partial charge in [0, 0.05) is 25.7 Å². The van der Waals surface area contributed by atoms with Crippen LogP contribution in [0.25, 0.3) is 0 Å². The molecule has 2 atom stereocenters. The van der Waals surface area contributed by atoms with Gasteiger partial charge in [0.15, 0.2) is 0 Å². The van der Waals surface area contributed by atoms with Gasteiger partial charge in [-0.25, -0.2) is 0 Å². The zero-order chi connectivity index (χ0) is 12.7. The Labute approximate surface area is 115 Å². The standard InChI is InChI=1S/C12H24N2O3.ClH/c1-3-16-7-8-17-10(2)12(15)14-6-4-5-11(14)9-13;/h10-11H,3-9,13H2,1-2H3;1H. The maximum absolute atomic E-state index is 12.1. The number of rotatable bonds is 7. The number of nitrogens with two attached hydrogens (primary N) is 1. The van der Waals surface area contributed by atoms with E-state index >= 15 is 0 Å². The van der Waals surface area contributed by atoms with Gasteiger partial charge in [0.2, 0.25) is 0 Å². The van der Waals surface area contributed by atoms with Gasteiger partial charge >= 0.3 is 0 Å². The van der Waals surface area contributed by atoms with E-state index in [2.05, 4.69) is 0 Å². The Bertz CT molecular complexity index is 241. The van der Waals surface area contributed by atoms with Crippen LogP contribution in [-0.4, -0.2) is 55.9 Å². The SMILES string of the molecule is CCOCCOC(C)C(=O)N1CCCC1CN.Cl. The summed E-state index contributed by atoms with van der Waals surface area (Å²) in [5.74, 6) is 0.0504. The molecule has 2 unspecified atom stereocenters. The van der Waals surface area contributed by atoms with Crippen LogP contribution in [-0.2, 0) is 14.3 Å². The van der Waals surface area contributed by atoms with Gasteiger partial charge in [-0.2, -0.15) is 0 Å². The molecule has 1 rings (SSSR count). The number of hydrogen-bond acceptors (Lipinski definition) is 4. The van der Waals surface area contributed by atoms with Gasteiger partial charge < -0.3 is 20.1 Å². The highest BCUT2D eigenvalue weighted by atomic mass is 35.5. The maximum atomic E-state index is 12.1. The van der Waals surface area contributed by atoms with Crippen molar-refractivity contribution in [3.8, 4) is 0 Å². The summed E-state index contributed by atoms with van der Waals surface area (Å²) in [5.41, 5.74) is 5.65. The van der Waals surface area contributed by atoms with Gasteiger partial charge in [-0.3, -0.25) is 4.79 Å². The maximum Gasteiger partial charge on any atom is 0.251 e. The molecule has 0 aromatic rings. The van der Waals surface area contributed by atoms with Crippen molar-refractivity contribution < 1.29 is 14.3 Å². The van der Waals surface area contributed by atoms with Crippen LogP contribution in [0.4, 0.5) is 0 Å². The quantitative estimate of drug-likeness (QED) is 0.701. The Kier molecular flexibility index (Phi) is 9.36. The number of ether oxygens (including phenoxy) is 2. The molecule has 1 saturated heterocycles. The molecule has 0 aliphatic carbocycles. The van der Waals surface area contributed by atoms with Crippen LogP contribution >= 0.6 is 12.4 Å². The van der Waals surface area contributed by atoms with Gasteiger partial charge in [0.05, 0.1) is 13.2 Å². The molecular weight excluding hydrogens is 256 g/mol. The minimum Gasteiger partial charge on any atom is -0.379 e. The Morgan fingerprint density at radius 2 is 2.22 bits per heavy atom. The zero-order valence-corrected chi connectivity index (χ0v) is 12.1. The van der Waals surface area contributed by atoms with E-state index in [0.29, 0.717) is 26.4 Å². The fourth-order valence-corrected chi connectivity index (χ4v) is 2.10. The molecule has 1 fully saturated rings. The summed E-state index contributed by atoms with van der Waals surface area (Å²) in [6, 6.07) is 0.195. The van der Waals surface area contributed by atoms with Crippen molar-refractivity contribution in [2.45, 2.75) is 38.8 Å². The lowest BCUT2D eigenvalue weighted by molar-refractivity contribution is -0.144. The van der Waals surface area contributed by atoms with Crippen molar-refractivity contribution in [3.63, 3.8) is 0 Å². The summed E-state index contributed by atoms with van der Waals surface area (Å²) in [6.07, 6.45) is 1.65. The first-order chi connectivity index (χ1) is 8.20. The number of carbonyl (C=O) groups is 1. The van der Waals surface area contributed by atoms with Crippen molar-refractivity contribution in [3.05, 3.63) is 0 Å². The molecule has 18 heavy (non-hydrogen) atoms. The first kappa shape index (κ1) is 17.6. The Balaban J connectivity index is 0.00000289. The van der Waals surface area contributed by atoms with Crippen LogP contribution in [0, 0.1) is 0 Å². The molecule has 6 heteroatoms. The second kappa shape index (κ2) is 9.55. The second-order valence-electron chi connectivity index (χ2n) is 4.27. The van der Waals surface area contributed by atoms with Crippen LogP contribution in [0.5, 0.6) is 0 Å². The summed E-state index contributed by atoms with van der Waals surface area (Å²) in [5, 5.41) is 0. The molecule has 0 bridgehead atoms. The van der Waals surface area contributed by atoms with E-state index in [1.165, 1.54) is 0 Å². The first-order valence-corrected chi connectivity index (χ1v) is 6.40. The number of halogens is 1. The largest absolute Gasteiger partial charge is 0.379 e. The van der Waals surface area contributed by atoms with Crippen LogP contribution < -0.4 is 5.73 Å². The number of likely N-dealkylation sites (tertiary alicyclic amines) is 1. The number of nitrogens with zero attached hydrogens (tertiary/aromatic N) is 1. The highest BCUT2D eigenvalue weighted by Crippen LogP contribution is 2.17. The normalized spacial score (nSPS) is 20.6. The lowest BCUT2D eigenvalue weighted by atomic mass is 10.2. The van der Waals surface area contributed by atoms with Crippen molar-refractivity contribution in [2.24, 2.45) is 5.73 Å². The minimum atomic E-state index is -0.400. The zero-order valence-electron chi connectivity index (χ0n) is 11.3. The molecule has 5 nitrogen and oxygen atoms in total. The topological polar surface area (TPSA) is 64.8 Å². The molecule has 1 aliphatic rings. The minimum absolute atomic E-state index is 0. The van der Waals surface area contributed by atoms with Crippen molar-refractivity contribution in [1.82, 2.24) is 4.90 Å². The summed E-state index contributed by atoms with van der Waals surface area (Å²) in [6.45, 7) is 6.74. The van der Waals surface area contributed by atoms with Crippen molar-refractivity contribution in [1.29, 1.82) is 0 Å². The lowest BCUT2D eigenvalue weighted by Crippen LogP contribution is -2.45. The van der Waals surface area contributed by atoms with Crippen LogP contribution in [0.1, 0.15) is 26.7 Å². The highest BCUT2D eigenvalue weighted by Gasteiger charge is 2.30. The Morgan fingerprint density at radius 1 is 1.50 bits per heavy atom. The summed E-state index contributed by atoms with van der Waals surface area (Å²) in [7, 11) is 0. The van der Waals surface area contributed by atoms with Gasteiger partial charge in [-0.05, 0) is 26.7 Å². The molecule has 0 aromatic heterocycles. The molecule has 0 spiro atoms. The van der Waals surface area contributed by atoms with E-state index in [9.17, 15) is 4.79 Å². The monoisotopic (exact) mass is 280 g/mol. The van der Waals surface area contributed by atoms with Crippen molar-refractivity contribution >= 4 is 18.3 Å². The average molecular weight is 281 g/mol. The lowest BCUT2D eigenvalue weighted by Gasteiger charge is -2.26. The fourth-order valence-electron chi connectivity index (χ4n) is 2.10. The molecule has 1 heterocycles. The van der Waals surface area contributed by atoms with Gasteiger partial charge in [-0.1, -0.05) is 0 Å². The molecule has 1 amide bonds. The smallest absolute Gasteiger partial charge is 0.251 e. The average Bonchev–Trinajstić information content (AvgIpc) is 2.81. The first-order valence-electron chi connectivity index (χ1n) is 6.40. The highest BCUT2D eigenvalue weighted by molar-refractivity contribution is 5.85. The molecule has 0 saturated carbocycles. The van der Waals surface area contributed by atoms with Crippen LogP contribution in [0.15, 0.2) is 0 Å². The van der Waals surface area contributed by atoms with E-state index in [0.717, 1.165) is 19.4 Å². The van der Waals surface area contributed by atoms with Crippen LogP contribution in [0.2, 0.25) is 0 Å². The molecular formula is C12H25ClN2O3. The summed E-state index contributed by atoms with van der Waals surface area (Å²) >= 11 is 0. The van der Waals surface area contributed by atoms with Crippen molar-refractivity contribution in [2.75, 3.05) is 32.9 Å². The van der Waals surface area contributed by atoms with E-state index in [1.807, 2.05) is 11.8 Å². The second-order valence-corrected chi connectivity index (χ2v) is 4.27. The van der Waals surface area contributed by atoms with Gasteiger partial charge in [0.25, 0.3) is 5.91 Å². The number of carbonyl (C=O) groups excluding carboxylic acids is 1. The molecule has 108 valence electrons. The fraction of sp³-hybridized carbons (Fsp3) is 0.917. The predicted octanol–water partition coefficient (Wildman–Crippen LogP) is 0.800. The van der Waals surface area contributed by atoms with E-state index in [1.54, 1.807) is 6.92 Å².